The molecule has 0 rings (SSSR count). The minimum absolute atomic E-state index is 0. The number of hydrogen-bond acceptors (Lipinski definition) is 2. The average molecular weight is 384 g/mol. The fourth-order valence-electron chi connectivity index (χ4n) is 1.16. The Bertz CT molecular complexity index is 269. The van der Waals surface area contributed by atoms with E-state index in [1.807, 2.05) is 0 Å². The van der Waals surface area contributed by atoms with E-state index >= 15 is 0 Å². The summed E-state index contributed by atoms with van der Waals surface area (Å²) in [6, 6.07) is 0.354. The first-order chi connectivity index (χ1) is 8.51. The van der Waals surface area contributed by atoms with Gasteiger partial charge in [0.05, 0.1) is 0 Å². The van der Waals surface area contributed by atoms with Crippen molar-refractivity contribution in [3.8, 4) is 0 Å². The molecule has 0 spiro atoms. The van der Waals surface area contributed by atoms with E-state index in [1.165, 1.54) is 0 Å². The Hall–Kier alpha value is -0.530. The molecule has 0 aliphatic rings. The molecule has 1 atom stereocenters. The zero-order valence-electron chi connectivity index (χ0n) is 12.8. The van der Waals surface area contributed by atoms with Crippen molar-refractivity contribution in [2.75, 3.05) is 27.2 Å². The minimum Gasteiger partial charge on any atom is -0.356 e. The van der Waals surface area contributed by atoms with Gasteiger partial charge in [0.25, 0.3) is 0 Å². The molecule has 0 aromatic carbocycles. The topological polar surface area (TPSA) is 56.7 Å². The number of guanidine groups is 1. The van der Waals surface area contributed by atoms with Gasteiger partial charge in [-0.05, 0) is 19.8 Å². The standard InChI is InChI=1S/C13H28N4O.HI/c1-6-8-9-14-13(16-11(3)7-2)15-10-12(18)17(4)5;/h11H,6-10H2,1-5H3,(H2,14,15,16);1H. The van der Waals surface area contributed by atoms with Gasteiger partial charge in [-0.2, -0.15) is 0 Å². The van der Waals surface area contributed by atoms with E-state index < -0.39 is 0 Å². The first-order valence-corrected chi connectivity index (χ1v) is 6.76. The van der Waals surface area contributed by atoms with Crippen LogP contribution in [-0.2, 0) is 4.79 Å². The van der Waals surface area contributed by atoms with Gasteiger partial charge in [0, 0.05) is 26.7 Å². The van der Waals surface area contributed by atoms with Crippen molar-refractivity contribution >= 4 is 35.8 Å². The summed E-state index contributed by atoms with van der Waals surface area (Å²) < 4.78 is 0. The Balaban J connectivity index is 0. The lowest BCUT2D eigenvalue weighted by Gasteiger charge is -2.17. The fourth-order valence-corrected chi connectivity index (χ4v) is 1.16. The molecule has 0 radical (unpaired) electrons. The molecule has 1 unspecified atom stereocenters. The Morgan fingerprint density at radius 3 is 2.42 bits per heavy atom. The van der Waals surface area contributed by atoms with E-state index in [2.05, 4.69) is 36.4 Å². The van der Waals surface area contributed by atoms with Crippen molar-refractivity contribution in [2.45, 2.75) is 46.1 Å². The number of unbranched alkanes of at least 4 members (excludes halogenated alkanes) is 1. The van der Waals surface area contributed by atoms with Crippen LogP contribution in [0.3, 0.4) is 0 Å². The molecule has 0 aromatic heterocycles. The van der Waals surface area contributed by atoms with Gasteiger partial charge in [-0.15, -0.1) is 24.0 Å². The molecule has 19 heavy (non-hydrogen) atoms. The van der Waals surface area contributed by atoms with Crippen LogP contribution in [0.2, 0.25) is 0 Å². The molecule has 5 nitrogen and oxygen atoms in total. The van der Waals surface area contributed by atoms with E-state index in [-0.39, 0.29) is 36.4 Å². The number of halogens is 1. The van der Waals surface area contributed by atoms with E-state index in [9.17, 15) is 4.79 Å². The van der Waals surface area contributed by atoms with Crippen LogP contribution in [-0.4, -0.2) is 50.0 Å². The molecule has 6 heteroatoms. The van der Waals surface area contributed by atoms with E-state index in [4.69, 9.17) is 0 Å². The maximum absolute atomic E-state index is 11.5. The highest BCUT2D eigenvalue weighted by Gasteiger charge is 2.06. The van der Waals surface area contributed by atoms with E-state index in [0.29, 0.717) is 6.04 Å². The zero-order chi connectivity index (χ0) is 14.0. The molecule has 0 fully saturated rings. The zero-order valence-corrected chi connectivity index (χ0v) is 15.2. The predicted molar refractivity (Wildman–Crippen MR) is 92.2 cm³/mol. The Labute approximate surface area is 134 Å². The molecule has 0 aromatic rings. The summed E-state index contributed by atoms with van der Waals surface area (Å²) in [5.74, 6) is 0.740. The summed E-state index contributed by atoms with van der Waals surface area (Å²) >= 11 is 0. The summed E-state index contributed by atoms with van der Waals surface area (Å²) in [4.78, 5) is 17.4. The molecule has 114 valence electrons. The van der Waals surface area contributed by atoms with Crippen molar-refractivity contribution in [2.24, 2.45) is 4.99 Å². The smallest absolute Gasteiger partial charge is 0.243 e. The quantitative estimate of drug-likeness (QED) is 0.305. The summed E-state index contributed by atoms with van der Waals surface area (Å²) in [6.07, 6.45) is 3.26. The van der Waals surface area contributed by atoms with Crippen LogP contribution >= 0.6 is 24.0 Å². The third-order valence-electron chi connectivity index (χ3n) is 2.69. The summed E-state index contributed by atoms with van der Waals surface area (Å²) in [5, 5.41) is 6.54. The second-order valence-electron chi connectivity index (χ2n) is 4.69. The van der Waals surface area contributed by atoms with Gasteiger partial charge < -0.3 is 15.5 Å². The lowest BCUT2D eigenvalue weighted by Crippen LogP contribution is -2.43. The molecule has 0 saturated heterocycles. The number of amides is 1. The van der Waals surface area contributed by atoms with Crippen molar-refractivity contribution in [3.05, 3.63) is 0 Å². The largest absolute Gasteiger partial charge is 0.356 e. The van der Waals surface area contributed by atoms with Crippen LogP contribution in [0, 0.1) is 0 Å². The van der Waals surface area contributed by atoms with Crippen LogP contribution in [0.5, 0.6) is 0 Å². The number of rotatable bonds is 7. The number of nitrogens with one attached hydrogen (secondary N) is 2. The number of carbonyl (C=O) groups excluding carboxylic acids is 1. The van der Waals surface area contributed by atoms with Gasteiger partial charge in [0.1, 0.15) is 6.54 Å². The maximum atomic E-state index is 11.5. The van der Waals surface area contributed by atoms with Crippen LogP contribution in [0.25, 0.3) is 0 Å². The molecular formula is C13H29IN4O. The molecule has 0 bridgehead atoms. The van der Waals surface area contributed by atoms with Crippen molar-refractivity contribution in [1.82, 2.24) is 15.5 Å². The molecule has 0 aliphatic carbocycles. The van der Waals surface area contributed by atoms with Gasteiger partial charge in [-0.3, -0.25) is 4.79 Å². The number of nitrogens with zero attached hydrogens (tertiary/aromatic N) is 2. The van der Waals surface area contributed by atoms with Gasteiger partial charge in [-0.1, -0.05) is 20.3 Å². The van der Waals surface area contributed by atoms with Crippen molar-refractivity contribution in [3.63, 3.8) is 0 Å². The SMILES string of the molecule is CCCCNC(=NCC(=O)N(C)C)NC(C)CC.I. The summed E-state index contributed by atoms with van der Waals surface area (Å²) in [5.41, 5.74) is 0. The fraction of sp³-hybridized carbons (Fsp3) is 0.846. The molecule has 1 amide bonds. The van der Waals surface area contributed by atoms with Crippen LogP contribution in [0.1, 0.15) is 40.0 Å². The van der Waals surface area contributed by atoms with Gasteiger partial charge in [0.2, 0.25) is 5.91 Å². The van der Waals surface area contributed by atoms with Crippen LogP contribution in [0.4, 0.5) is 0 Å². The maximum Gasteiger partial charge on any atom is 0.243 e. The molecule has 2 N–H and O–H groups in total. The van der Waals surface area contributed by atoms with E-state index in [1.54, 1.807) is 19.0 Å². The normalized spacial score (nSPS) is 12.4. The van der Waals surface area contributed by atoms with Crippen LogP contribution in [0.15, 0.2) is 4.99 Å². The highest BCUT2D eigenvalue weighted by molar-refractivity contribution is 14.0. The monoisotopic (exact) mass is 384 g/mol. The predicted octanol–water partition coefficient (Wildman–Crippen LogP) is 1.83. The molecule has 0 saturated carbocycles. The molecule has 0 aliphatic heterocycles. The van der Waals surface area contributed by atoms with Gasteiger partial charge >= 0.3 is 0 Å². The third kappa shape index (κ3) is 11.0. The number of hydrogen-bond donors (Lipinski definition) is 2. The highest BCUT2D eigenvalue weighted by Crippen LogP contribution is 1.90. The number of carbonyl (C=O) groups is 1. The Morgan fingerprint density at radius 2 is 1.95 bits per heavy atom. The lowest BCUT2D eigenvalue weighted by molar-refractivity contribution is -0.127. The lowest BCUT2D eigenvalue weighted by atomic mass is 10.3. The van der Waals surface area contributed by atoms with Crippen molar-refractivity contribution in [1.29, 1.82) is 0 Å². The average Bonchev–Trinajstić information content (AvgIpc) is 2.35. The van der Waals surface area contributed by atoms with Crippen LogP contribution < -0.4 is 10.6 Å². The highest BCUT2D eigenvalue weighted by atomic mass is 127. The Kier molecular flexibility index (Phi) is 13.7. The summed E-state index contributed by atoms with van der Waals surface area (Å²) in [6.45, 7) is 7.44. The number of aliphatic imine (C=N–C) groups is 1. The van der Waals surface area contributed by atoms with E-state index in [0.717, 1.165) is 31.8 Å². The van der Waals surface area contributed by atoms with Crippen molar-refractivity contribution < 1.29 is 4.79 Å². The molecular weight excluding hydrogens is 355 g/mol. The minimum atomic E-state index is 0. The van der Waals surface area contributed by atoms with Gasteiger partial charge in [0.15, 0.2) is 5.96 Å². The summed E-state index contributed by atoms with van der Waals surface area (Å²) in [7, 11) is 3.48. The second-order valence-corrected chi connectivity index (χ2v) is 4.69. The second kappa shape index (κ2) is 12.5. The first kappa shape index (κ1) is 20.8. The first-order valence-electron chi connectivity index (χ1n) is 6.76. The third-order valence-corrected chi connectivity index (χ3v) is 2.69. The number of likely N-dealkylation sites (N-methyl/N-ethyl adjacent to an activating group) is 1. The van der Waals surface area contributed by atoms with Gasteiger partial charge in [-0.25, -0.2) is 4.99 Å². The molecule has 0 heterocycles. The Morgan fingerprint density at radius 1 is 1.32 bits per heavy atom.